The molecule has 0 spiro atoms. The molecule has 1 atom stereocenters. The molecule has 1 unspecified atom stereocenters. The molecular formula is C14H18N2S. The van der Waals surface area contributed by atoms with E-state index in [0.717, 1.165) is 11.4 Å². The molecule has 1 heterocycles. The van der Waals surface area contributed by atoms with Gasteiger partial charge in [-0.25, -0.2) is 4.98 Å². The van der Waals surface area contributed by atoms with E-state index < -0.39 is 0 Å². The van der Waals surface area contributed by atoms with Crippen molar-refractivity contribution in [3.8, 4) is 0 Å². The second kappa shape index (κ2) is 5.43. The monoisotopic (exact) mass is 246 g/mol. The van der Waals surface area contributed by atoms with Gasteiger partial charge in [-0.15, -0.1) is 11.3 Å². The summed E-state index contributed by atoms with van der Waals surface area (Å²) in [7, 11) is 0. The summed E-state index contributed by atoms with van der Waals surface area (Å²) < 4.78 is 0. The van der Waals surface area contributed by atoms with E-state index in [4.69, 9.17) is 5.73 Å². The van der Waals surface area contributed by atoms with Crippen LogP contribution >= 0.6 is 11.3 Å². The number of rotatable bonds is 4. The lowest BCUT2D eigenvalue weighted by Crippen LogP contribution is -2.13. The van der Waals surface area contributed by atoms with Gasteiger partial charge < -0.3 is 5.73 Å². The topological polar surface area (TPSA) is 38.9 Å². The summed E-state index contributed by atoms with van der Waals surface area (Å²) >= 11 is 1.66. The predicted molar refractivity (Wildman–Crippen MR) is 73.3 cm³/mol. The van der Waals surface area contributed by atoms with Crippen LogP contribution in [0, 0.1) is 0 Å². The van der Waals surface area contributed by atoms with Gasteiger partial charge in [0.1, 0.15) is 0 Å². The third kappa shape index (κ3) is 3.14. The first-order chi connectivity index (χ1) is 8.16. The van der Waals surface area contributed by atoms with Gasteiger partial charge in [0.2, 0.25) is 0 Å². The van der Waals surface area contributed by atoms with Crippen molar-refractivity contribution in [2.45, 2.75) is 32.2 Å². The molecule has 0 amide bonds. The van der Waals surface area contributed by atoms with Crippen molar-refractivity contribution < 1.29 is 0 Å². The Bertz CT molecular complexity index is 446. The molecule has 0 aliphatic heterocycles. The van der Waals surface area contributed by atoms with Crippen molar-refractivity contribution in [2.24, 2.45) is 5.73 Å². The molecule has 17 heavy (non-hydrogen) atoms. The Kier molecular flexibility index (Phi) is 3.92. The highest BCUT2D eigenvalue weighted by Crippen LogP contribution is 2.20. The van der Waals surface area contributed by atoms with Gasteiger partial charge in [-0.1, -0.05) is 38.1 Å². The lowest BCUT2D eigenvalue weighted by Gasteiger charge is -2.12. The van der Waals surface area contributed by atoms with E-state index >= 15 is 0 Å². The highest BCUT2D eigenvalue weighted by molar-refractivity contribution is 7.09. The van der Waals surface area contributed by atoms with Gasteiger partial charge >= 0.3 is 0 Å². The molecule has 2 N–H and O–H groups in total. The summed E-state index contributed by atoms with van der Waals surface area (Å²) in [4.78, 5) is 4.27. The summed E-state index contributed by atoms with van der Waals surface area (Å²) in [5.41, 5.74) is 8.72. The second-order valence-electron chi connectivity index (χ2n) is 4.56. The van der Waals surface area contributed by atoms with Crippen LogP contribution in [0.3, 0.4) is 0 Å². The molecule has 90 valence electrons. The third-order valence-corrected chi connectivity index (χ3v) is 3.71. The number of hydrogen-bond acceptors (Lipinski definition) is 3. The zero-order valence-corrected chi connectivity index (χ0v) is 11.1. The van der Waals surface area contributed by atoms with Crippen molar-refractivity contribution >= 4 is 11.3 Å². The van der Waals surface area contributed by atoms with Gasteiger partial charge in [0.05, 0.1) is 5.01 Å². The summed E-state index contributed by atoms with van der Waals surface area (Å²) in [6.45, 7) is 4.40. The van der Waals surface area contributed by atoms with Crippen molar-refractivity contribution in [3.63, 3.8) is 0 Å². The fraction of sp³-hybridized carbons (Fsp3) is 0.357. The molecule has 2 nitrogen and oxygen atoms in total. The largest absolute Gasteiger partial charge is 0.324 e. The van der Waals surface area contributed by atoms with Crippen LogP contribution in [0.2, 0.25) is 0 Å². The van der Waals surface area contributed by atoms with Crippen LogP contribution < -0.4 is 5.73 Å². The maximum absolute atomic E-state index is 6.18. The van der Waals surface area contributed by atoms with Crippen molar-refractivity contribution in [1.29, 1.82) is 0 Å². The average molecular weight is 246 g/mol. The minimum atomic E-state index is 0.0439. The Morgan fingerprint density at radius 3 is 2.35 bits per heavy atom. The summed E-state index contributed by atoms with van der Waals surface area (Å²) in [5, 5.41) is 3.09. The summed E-state index contributed by atoms with van der Waals surface area (Å²) in [5.74, 6) is 0.569. The van der Waals surface area contributed by atoms with E-state index in [1.165, 1.54) is 11.1 Å². The van der Waals surface area contributed by atoms with E-state index in [2.05, 4.69) is 43.1 Å². The molecule has 1 aromatic heterocycles. The minimum absolute atomic E-state index is 0.0439. The van der Waals surface area contributed by atoms with Gasteiger partial charge in [0.25, 0.3) is 0 Å². The van der Waals surface area contributed by atoms with Gasteiger partial charge in [0.15, 0.2) is 0 Å². The Morgan fingerprint density at radius 2 is 1.82 bits per heavy atom. The number of hydrogen-bond donors (Lipinski definition) is 1. The number of nitrogens with two attached hydrogens (primary N) is 1. The molecule has 2 rings (SSSR count). The molecule has 2 aromatic rings. The van der Waals surface area contributed by atoms with Crippen molar-refractivity contribution in [2.75, 3.05) is 0 Å². The van der Waals surface area contributed by atoms with Crippen molar-refractivity contribution in [1.82, 2.24) is 4.98 Å². The van der Waals surface area contributed by atoms with E-state index in [9.17, 15) is 0 Å². The van der Waals surface area contributed by atoms with Gasteiger partial charge in [-0.2, -0.15) is 0 Å². The third-order valence-electron chi connectivity index (χ3n) is 2.91. The van der Waals surface area contributed by atoms with E-state index in [1.54, 1.807) is 11.3 Å². The quantitative estimate of drug-likeness (QED) is 0.896. The normalized spacial score (nSPS) is 12.9. The van der Waals surface area contributed by atoms with Crippen LogP contribution in [-0.4, -0.2) is 4.98 Å². The van der Waals surface area contributed by atoms with E-state index in [0.29, 0.717) is 5.92 Å². The van der Waals surface area contributed by atoms with E-state index in [-0.39, 0.29) is 6.04 Å². The average Bonchev–Trinajstić information content (AvgIpc) is 2.82. The van der Waals surface area contributed by atoms with Crippen LogP contribution in [0.1, 0.15) is 41.9 Å². The SMILES string of the molecule is CC(C)c1ccc(C(N)Cc2nccs2)cc1. The lowest BCUT2D eigenvalue weighted by molar-refractivity contribution is 0.716. The minimum Gasteiger partial charge on any atom is -0.324 e. The standard InChI is InChI=1S/C14H18N2S/c1-10(2)11-3-5-12(6-4-11)13(15)9-14-16-7-8-17-14/h3-8,10,13H,9,15H2,1-2H3. The fourth-order valence-electron chi connectivity index (χ4n) is 1.79. The van der Waals surface area contributed by atoms with Crippen LogP contribution in [0.5, 0.6) is 0 Å². The van der Waals surface area contributed by atoms with Crippen LogP contribution in [0.4, 0.5) is 0 Å². The molecule has 0 aliphatic carbocycles. The number of thiazole rings is 1. The first kappa shape index (κ1) is 12.3. The predicted octanol–water partition coefficient (Wildman–Crippen LogP) is 3.51. The molecule has 0 aliphatic rings. The smallest absolute Gasteiger partial charge is 0.0943 e. The molecule has 3 heteroatoms. The van der Waals surface area contributed by atoms with Gasteiger partial charge in [-0.05, 0) is 17.0 Å². The Balaban J connectivity index is 2.06. The fourth-order valence-corrected chi connectivity index (χ4v) is 2.46. The van der Waals surface area contributed by atoms with Gasteiger partial charge in [0, 0.05) is 24.0 Å². The first-order valence-electron chi connectivity index (χ1n) is 5.90. The molecule has 0 fully saturated rings. The van der Waals surface area contributed by atoms with Crippen molar-refractivity contribution in [3.05, 3.63) is 52.0 Å². The maximum atomic E-state index is 6.18. The number of nitrogens with zero attached hydrogens (tertiary/aromatic N) is 1. The lowest BCUT2D eigenvalue weighted by atomic mass is 9.98. The molecule has 0 radical (unpaired) electrons. The Morgan fingerprint density at radius 1 is 1.18 bits per heavy atom. The number of benzene rings is 1. The molecule has 0 saturated carbocycles. The number of aromatic nitrogens is 1. The summed E-state index contributed by atoms with van der Waals surface area (Å²) in [6.07, 6.45) is 2.65. The Hall–Kier alpha value is -1.19. The summed E-state index contributed by atoms with van der Waals surface area (Å²) in [6, 6.07) is 8.65. The van der Waals surface area contributed by atoms with Crippen LogP contribution in [-0.2, 0) is 6.42 Å². The maximum Gasteiger partial charge on any atom is 0.0943 e. The Labute approximate surface area is 107 Å². The zero-order valence-electron chi connectivity index (χ0n) is 10.3. The highest BCUT2D eigenvalue weighted by Gasteiger charge is 2.09. The van der Waals surface area contributed by atoms with Crippen LogP contribution in [0.25, 0.3) is 0 Å². The van der Waals surface area contributed by atoms with E-state index in [1.807, 2.05) is 11.6 Å². The zero-order chi connectivity index (χ0) is 12.3. The molecule has 1 aromatic carbocycles. The first-order valence-corrected chi connectivity index (χ1v) is 6.78. The highest BCUT2D eigenvalue weighted by atomic mass is 32.1. The van der Waals surface area contributed by atoms with Gasteiger partial charge in [-0.3, -0.25) is 0 Å². The molecule has 0 saturated heterocycles. The van der Waals surface area contributed by atoms with Crippen LogP contribution in [0.15, 0.2) is 35.8 Å². The molecule has 0 bridgehead atoms. The molecular weight excluding hydrogens is 228 g/mol. The second-order valence-corrected chi connectivity index (χ2v) is 5.54.